The van der Waals surface area contributed by atoms with E-state index in [4.69, 9.17) is 14.6 Å². The van der Waals surface area contributed by atoms with Crippen LogP contribution >= 0.6 is 0 Å². The number of phenols is 3. The van der Waals surface area contributed by atoms with Crippen LogP contribution in [0.3, 0.4) is 0 Å². The third kappa shape index (κ3) is 7.76. The van der Waals surface area contributed by atoms with Crippen molar-refractivity contribution < 1.29 is 49.7 Å². The van der Waals surface area contributed by atoms with E-state index >= 15 is 0 Å². The fourth-order valence-corrected chi connectivity index (χ4v) is 3.40. The van der Waals surface area contributed by atoms with Crippen LogP contribution in [0.4, 0.5) is 0 Å². The monoisotopic (exact) mass is 464 g/mol. The lowest BCUT2D eigenvalue weighted by molar-refractivity contribution is -0.140. The van der Waals surface area contributed by atoms with E-state index in [0.29, 0.717) is 0 Å². The second kappa shape index (κ2) is 11.8. The second-order valence-corrected chi connectivity index (χ2v) is 7.83. The van der Waals surface area contributed by atoms with Crippen LogP contribution in [-0.4, -0.2) is 62.4 Å². The first-order valence-electron chi connectivity index (χ1n) is 10.3. The van der Waals surface area contributed by atoms with Crippen LogP contribution in [0.25, 0.3) is 0 Å². The van der Waals surface area contributed by atoms with Gasteiger partial charge in [0.25, 0.3) is 0 Å². The summed E-state index contributed by atoms with van der Waals surface area (Å²) in [5.41, 5.74) is -0.236. The van der Waals surface area contributed by atoms with E-state index in [0.717, 1.165) is 50.0 Å². The number of rotatable bonds is 9. The Kier molecular flexibility index (Phi) is 9.17. The van der Waals surface area contributed by atoms with Crippen LogP contribution in [0.5, 0.6) is 17.2 Å². The van der Waals surface area contributed by atoms with E-state index in [-0.39, 0.29) is 36.2 Å². The summed E-state index contributed by atoms with van der Waals surface area (Å²) in [6, 6.07) is 2.01. The zero-order valence-electron chi connectivity index (χ0n) is 17.9. The Labute approximate surface area is 190 Å². The molecule has 6 N–H and O–H groups in total. The minimum absolute atomic E-state index is 0.0842. The number of hydrogen-bond acceptors (Lipinski definition) is 10. The van der Waals surface area contributed by atoms with Gasteiger partial charge in [-0.2, -0.15) is 0 Å². The summed E-state index contributed by atoms with van der Waals surface area (Å²) in [6.45, 7) is 2.85. The molecule has 0 unspecified atom stereocenters. The molecule has 1 aromatic rings. The Morgan fingerprint density at radius 3 is 1.94 bits per heavy atom. The van der Waals surface area contributed by atoms with Crippen molar-refractivity contribution in [2.75, 3.05) is 19.8 Å². The quantitative estimate of drug-likeness (QED) is 0.105. The first-order valence-corrected chi connectivity index (χ1v) is 10.3. The molecule has 10 nitrogen and oxygen atoms in total. The van der Waals surface area contributed by atoms with Crippen molar-refractivity contribution in [2.24, 2.45) is 11.8 Å². The van der Waals surface area contributed by atoms with Crippen molar-refractivity contribution in [1.82, 2.24) is 0 Å². The van der Waals surface area contributed by atoms with Crippen molar-refractivity contribution in [2.45, 2.75) is 25.7 Å². The van der Waals surface area contributed by atoms with Crippen LogP contribution in [0.2, 0.25) is 0 Å². The highest BCUT2D eigenvalue weighted by Crippen LogP contribution is 2.36. The molecule has 0 aromatic heterocycles. The fourth-order valence-electron chi connectivity index (χ4n) is 3.40. The van der Waals surface area contributed by atoms with Crippen molar-refractivity contribution in [3.8, 4) is 17.2 Å². The Hall–Kier alpha value is -3.66. The number of hydrogen-bond donors (Lipinski definition) is 6. The average Bonchev–Trinajstić information content (AvgIpc) is 2.78. The van der Waals surface area contributed by atoms with Gasteiger partial charge in [-0.25, -0.2) is 9.59 Å². The molecule has 0 radical (unpaired) electrons. The van der Waals surface area contributed by atoms with E-state index < -0.39 is 47.3 Å². The van der Waals surface area contributed by atoms with Crippen LogP contribution in [0.15, 0.2) is 48.0 Å². The van der Waals surface area contributed by atoms with E-state index in [2.05, 4.69) is 6.58 Å². The number of benzene rings is 1. The topological polar surface area (TPSA) is 174 Å². The third-order valence-corrected chi connectivity index (χ3v) is 5.21. The molecule has 2 rings (SSSR count). The lowest BCUT2D eigenvalue weighted by Gasteiger charge is -2.27. The summed E-state index contributed by atoms with van der Waals surface area (Å²) < 4.78 is 10.5. The van der Waals surface area contributed by atoms with E-state index in [1.54, 1.807) is 0 Å². The maximum absolute atomic E-state index is 12.2. The predicted molar refractivity (Wildman–Crippen MR) is 116 cm³/mol. The number of allylic oxidation sites excluding steroid dienone is 1. The maximum atomic E-state index is 12.2. The SMILES string of the molecule is C=C(O)/C=C(\C=C(\O)CO)C(=O)OCC1CCC(COC(=O)c2cc(O)c(O)c(O)c2)CC1. The molecule has 0 atom stereocenters. The minimum Gasteiger partial charge on any atom is -0.510 e. The summed E-state index contributed by atoms with van der Waals surface area (Å²) in [7, 11) is 0. The van der Waals surface area contributed by atoms with Gasteiger partial charge in [0, 0.05) is 0 Å². The predicted octanol–water partition coefficient (Wildman–Crippen LogP) is 2.74. The van der Waals surface area contributed by atoms with Crippen LogP contribution in [0.1, 0.15) is 36.0 Å². The maximum Gasteiger partial charge on any atom is 0.338 e. The van der Waals surface area contributed by atoms with Crippen LogP contribution in [-0.2, 0) is 14.3 Å². The van der Waals surface area contributed by atoms with Gasteiger partial charge in [-0.3, -0.25) is 0 Å². The number of aliphatic hydroxyl groups is 3. The zero-order valence-corrected chi connectivity index (χ0v) is 17.9. The molecule has 33 heavy (non-hydrogen) atoms. The summed E-state index contributed by atoms with van der Waals surface area (Å²) in [6.07, 6.45) is 4.90. The summed E-state index contributed by atoms with van der Waals surface area (Å²) >= 11 is 0. The Balaban J connectivity index is 1.80. The lowest BCUT2D eigenvalue weighted by atomic mass is 9.83. The van der Waals surface area contributed by atoms with Gasteiger partial charge in [0.15, 0.2) is 17.2 Å². The van der Waals surface area contributed by atoms with Gasteiger partial charge in [-0.1, -0.05) is 6.58 Å². The molecule has 0 amide bonds. The molecule has 0 saturated heterocycles. The molecule has 180 valence electrons. The molecule has 1 aliphatic rings. The number of aliphatic hydroxyl groups excluding tert-OH is 3. The number of aromatic hydroxyl groups is 3. The van der Waals surface area contributed by atoms with E-state index in [1.807, 2.05) is 0 Å². The molecule has 1 fully saturated rings. The molecule has 0 heterocycles. The number of carbonyl (C=O) groups is 2. The fraction of sp³-hybridized carbons (Fsp3) is 0.391. The highest BCUT2D eigenvalue weighted by Gasteiger charge is 2.24. The molecule has 10 heteroatoms. The van der Waals surface area contributed by atoms with Gasteiger partial charge in [0.2, 0.25) is 0 Å². The van der Waals surface area contributed by atoms with Gasteiger partial charge in [-0.15, -0.1) is 0 Å². The first kappa shape index (κ1) is 25.6. The Bertz CT molecular complexity index is 916. The number of carbonyl (C=O) groups excluding carboxylic acids is 2. The molecular formula is C23H28O10. The van der Waals surface area contributed by atoms with Gasteiger partial charge in [0.1, 0.15) is 18.1 Å². The molecule has 1 saturated carbocycles. The van der Waals surface area contributed by atoms with E-state index in [1.165, 1.54) is 0 Å². The van der Waals surface area contributed by atoms with Crippen molar-refractivity contribution >= 4 is 11.9 Å². The Morgan fingerprint density at radius 2 is 1.45 bits per heavy atom. The molecule has 1 aliphatic carbocycles. The molecule has 0 bridgehead atoms. The smallest absolute Gasteiger partial charge is 0.338 e. The molecular weight excluding hydrogens is 436 g/mol. The average molecular weight is 464 g/mol. The highest BCUT2D eigenvalue weighted by atomic mass is 16.5. The van der Waals surface area contributed by atoms with Gasteiger partial charge in [0.05, 0.1) is 24.4 Å². The lowest BCUT2D eigenvalue weighted by Crippen LogP contribution is -2.24. The standard InChI is InChI=1S/C23H28O10/c1-13(25)6-16(7-18(26)10-24)22(30)32-11-14-2-4-15(5-3-14)12-33-23(31)17-8-19(27)21(29)20(28)9-17/h6-9,14-15,24-29H,1-5,10-12H2/b16-6+,18-7+. The highest BCUT2D eigenvalue weighted by molar-refractivity contribution is 5.92. The summed E-state index contributed by atoms with van der Waals surface area (Å²) in [5.74, 6) is -4.17. The molecule has 0 spiro atoms. The van der Waals surface area contributed by atoms with Gasteiger partial charge >= 0.3 is 11.9 Å². The van der Waals surface area contributed by atoms with Gasteiger partial charge in [-0.05, 0) is 61.8 Å². The normalized spacial score (nSPS) is 19.1. The minimum atomic E-state index is -0.776. The van der Waals surface area contributed by atoms with Gasteiger partial charge < -0.3 is 40.1 Å². The third-order valence-electron chi connectivity index (χ3n) is 5.21. The summed E-state index contributed by atoms with van der Waals surface area (Å²) in [4.78, 5) is 24.4. The number of phenolic OH excluding ortho intramolecular Hbond substituents is 3. The van der Waals surface area contributed by atoms with Crippen molar-refractivity contribution in [3.63, 3.8) is 0 Å². The molecule has 1 aromatic carbocycles. The van der Waals surface area contributed by atoms with E-state index in [9.17, 15) is 35.1 Å². The van der Waals surface area contributed by atoms with Crippen molar-refractivity contribution in [1.29, 1.82) is 0 Å². The number of ether oxygens (including phenoxy) is 2. The second-order valence-electron chi connectivity index (χ2n) is 7.83. The number of esters is 2. The van der Waals surface area contributed by atoms with Crippen LogP contribution < -0.4 is 0 Å². The van der Waals surface area contributed by atoms with Crippen LogP contribution in [0, 0.1) is 11.8 Å². The zero-order chi connectivity index (χ0) is 24.5. The first-order chi connectivity index (χ1) is 15.6. The largest absolute Gasteiger partial charge is 0.510 e. The van der Waals surface area contributed by atoms with Crippen molar-refractivity contribution in [3.05, 3.63) is 53.5 Å². The Morgan fingerprint density at radius 1 is 0.939 bits per heavy atom. The summed E-state index contributed by atoms with van der Waals surface area (Å²) in [5, 5.41) is 55.9. The molecule has 0 aliphatic heterocycles.